The van der Waals surface area contributed by atoms with Gasteiger partial charge in [-0.05, 0) is 81.8 Å². The lowest BCUT2D eigenvalue weighted by atomic mass is 10.1. The number of hydrogen-bond acceptors (Lipinski definition) is 4. The normalized spacial score (nSPS) is 11.6. The van der Waals surface area contributed by atoms with Crippen LogP contribution in [0.25, 0.3) is 5.69 Å². The lowest BCUT2D eigenvalue weighted by molar-refractivity contribution is -0.119. The van der Waals surface area contributed by atoms with Crippen molar-refractivity contribution in [3.05, 3.63) is 112 Å². The summed E-state index contributed by atoms with van der Waals surface area (Å²) >= 11 is 6.02. The predicted octanol–water partition coefficient (Wildman–Crippen LogP) is 5.71. The average molecular weight is 549 g/mol. The van der Waals surface area contributed by atoms with Crippen molar-refractivity contribution in [1.29, 1.82) is 0 Å². The van der Waals surface area contributed by atoms with Gasteiger partial charge in [0.25, 0.3) is 15.9 Å². The average Bonchev–Trinajstić information content (AvgIpc) is 3.16. The summed E-state index contributed by atoms with van der Waals surface area (Å²) in [5, 5.41) is 4.78. The highest BCUT2D eigenvalue weighted by Gasteiger charge is 2.28. The van der Waals surface area contributed by atoms with E-state index in [0.29, 0.717) is 10.7 Å². The second kappa shape index (κ2) is 11.2. The van der Waals surface area contributed by atoms with E-state index in [2.05, 4.69) is 15.1 Å². The summed E-state index contributed by atoms with van der Waals surface area (Å²) in [6, 6.07) is 23.0. The second-order valence-corrected chi connectivity index (χ2v) is 11.3. The van der Waals surface area contributed by atoms with Crippen LogP contribution >= 0.6 is 11.6 Å². The fraction of sp³-hybridized carbons (Fsp3) is 0.172. The van der Waals surface area contributed by atoms with Gasteiger partial charge in [0.2, 0.25) is 0 Å². The van der Waals surface area contributed by atoms with Crippen LogP contribution in [0.5, 0.6) is 0 Å². The molecule has 3 aromatic carbocycles. The molecule has 7 nitrogen and oxygen atoms in total. The third kappa shape index (κ3) is 5.82. The molecule has 9 heteroatoms. The van der Waals surface area contributed by atoms with Gasteiger partial charge in [0.1, 0.15) is 6.54 Å². The van der Waals surface area contributed by atoms with Crippen LogP contribution in [0.3, 0.4) is 0 Å². The Morgan fingerprint density at radius 3 is 2.32 bits per heavy atom. The first-order chi connectivity index (χ1) is 18.1. The maximum atomic E-state index is 13.5. The number of carbonyl (C=O) groups is 1. The Morgan fingerprint density at radius 2 is 1.66 bits per heavy atom. The van der Waals surface area contributed by atoms with E-state index in [1.54, 1.807) is 30.5 Å². The first-order valence-corrected chi connectivity index (χ1v) is 13.8. The largest absolute Gasteiger partial charge is 0.318 e. The maximum absolute atomic E-state index is 13.5. The van der Waals surface area contributed by atoms with Crippen LogP contribution in [0, 0.1) is 27.7 Å². The number of halogens is 1. The number of aryl methyl sites for hydroxylation is 3. The van der Waals surface area contributed by atoms with Crippen molar-refractivity contribution in [2.24, 2.45) is 5.10 Å². The number of nitrogens with zero attached hydrogens (tertiary/aromatic N) is 3. The Bertz CT molecular complexity index is 1600. The minimum absolute atomic E-state index is 0.103. The highest BCUT2D eigenvalue weighted by Crippen LogP contribution is 2.27. The Morgan fingerprint density at radius 1 is 0.974 bits per heavy atom. The molecule has 0 atom stereocenters. The summed E-state index contributed by atoms with van der Waals surface area (Å²) in [5.41, 5.74) is 8.37. The van der Waals surface area contributed by atoms with Gasteiger partial charge in [-0.3, -0.25) is 9.10 Å². The van der Waals surface area contributed by atoms with Gasteiger partial charge in [0, 0.05) is 27.7 Å². The first-order valence-electron chi connectivity index (χ1n) is 12.0. The van der Waals surface area contributed by atoms with E-state index in [-0.39, 0.29) is 4.90 Å². The molecule has 0 aliphatic carbocycles. The van der Waals surface area contributed by atoms with E-state index < -0.39 is 22.5 Å². The van der Waals surface area contributed by atoms with E-state index in [0.717, 1.165) is 38.1 Å². The summed E-state index contributed by atoms with van der Waals surface area (Å²) in [4.78, 5) is 13.0. The van der Waals surface area contributed by atoms with E-state index in [4.69, 9.17) is 11.6 Å². The number of anilines is 1. The molecule has 1 aromatic heterocycles. The highest BCUT2D eigenvalue weighted by atomic mass is 35.5. The zero-order valence-electron chi connectivity index (χ0n) is 21.6. The Hall–Kier alpha value is -3.88. The fourth-order valence-corrected chi connectivity index (χ4v) is 5.98. The van der Waals surface area contributed by atoms with Crippen molar-refractivity contribution >= 4 is 39.4 Å². The number of aromatic nitrogens is 1. The SMILES string of the molecule is Cc1ccc(N(CC(=O)N/N=C/c2cc(C)n(-c3ccc(Cl)cc3)c2C)S(=O)(=O)c2ccccc2)c(C)c1. The number of rotatable bonds is 8. The van der Waals surface area contributed by atoms with Crippen LogP contribution in [-0.4, -0.2) is 31.7 Å². The molecular weight excluding hydrogens is 520 g/mol. The molecule has 1 amide bonds. The summed E-state index contributed by atoms with van der Waals surface area (Å²) < 4.78 is 30.3. The van der Waals surface area contributed by atoms with Gasteiger partial charge in [-0.15, -0.1) is 0 Å². The molecule has 0 unspecified atom stereocenters. The van der Waals surface area contributed by atoms with Gasteiger partial charge >= 0.3 is 0 Å². The van der Waals surface area contributed by atoms with Gasteiger partial charge in [0.05, 0.1) is 16.8 Å². The third-order valence-electron chi connectivity index (χ3n) is 6.19. The van der Waals surface area contributed by atoms with Crippen molar-refractivity contribution in [3.8, 4) is 5.69 Å². The standard InChI is InChI=1S/C29H29ClN4O3S/c1-20-10-15-28(21(2)16-20)33(38(36,37)27-8-6-5-7-9-27)19-29(35)32-31-18-24-17-22(3)34(23(24)4)26-13-11-25(30)12-14-26/h5-18H,19H2,1-4H3,(H,32,35)/b31-18+. The number of benzene rings is 3. The molecule has 0 saturated heterocycles. The molecule has 0 radical (unpaired) electrons. The van der Waals surface area contributed by atoms with E-state index >= 15 is 0 Å². The summed E-state index contributed by atoms with van der Waals surface area (Å²) in [7, 11) is -4.00. The lowest BCUT2D eigenvalue weighted by Gasteiger charge is -2.25. The summed E-state index contributed by atoms with van der Waals surface area (Å²) in [6.45, 7) is 7.26. The number of amides is 1. The van der Waals surface area contributed by atoms with Gasteiger partial charge in [-0.1, -0.05) is 47.5 Å². The molecule has 38 heavy (non-hydrogen) atoms. The molecule has 0 fully saturated rings. The van der Waals surface area contributed by atoms with Crippen molar-refractivity contribution in [3.63, 3.8) is 0 Å². The quantitative estimate of drug-likeness (QED) is 0.226. The minimum atomic E-state index is -4.00. The van der Waals surface area contributed by atoms with Gasteiger partial charge in [0.15, 0.2) is 0 Å². The Balaban J connectivity index is 1.56. The number of sulfonamides is 1. The molecule has 0 saturated carbocycles. The number of hydrogen-bond donors (Lipinski definition) is 1. The van der Waals surface area contributed by atoms with Crippen LogP contribution in [0.2, 0.25) is 5.02 Å². The molecule has 4 aromatic rings. The number of carbonyl (C=O) groups excluding carboxylic acids is 1. The van der Waals surface area contributed by atoms with Gasteiger partial charge in [-0.2, -0.15) is 5.10 Å². The molecule has 0 aliphatic rings. The monoisotopic (exact) mass is 548 g/mol. The Labute approximate surface area is 228 Å². The fourth-order valence-electron chi connectivity index (χ4n) is 4.35. The van der Waals surface area contributed by atoms with Gasteiger partial charge < -0.3 is 4.57 Å². The Kier molecular flexibility index (Phi) is 8.04. The van der Waals surface area contributed by atoms with Crippen LogP contribution in [-0.2, 0) is 14.8 Å². The van der Waals surface area contributed by atoms with Crippen LogP contribution in [0.4, 0.5) is 5.69 Å². The summed E-state index contributed by atoms with van der Waals surface area (Å²) in [5.74, 6) is -0.563. The summed E-state index contributed by atoms with van der Waals surface area (Å²) in [6.07, 6.45) is 1.56. The number of hydrazone groups is 1. The van der Waals surface area contributed by atoms with Gasteiger partial charge in [-0.25, -0.2) is 13.8 Å². The third-order valence-corrected chi connectivity index (χ3v) is 8.21. The van der Waals surface area contributed by atoms with Crippen molar-refractivity contribution < 1.29 is 13.2 Å². The first kappa shape index (κ1) is 27.2. The molecule has 1 N–H and O–H groups in total. The van der Waals surface area contributed by atoms with E-state index in [1.165, 1.54) is 12.1 Å². The van der Waals surface area contributed by atoms with Crippen LogP contribution in [0.1, 0.15) is 28.1 Å². The molecule has 4 rings (SSSR count). The van der Waals surface area contributed by atoms with Crippen LogP contribution in [0.15, 0.2) is 88.9 Å². The topological polar surface area (TPSA) is 83.8 Å². The second-order valence-electron chi connectivity index (χ2n) is 9.05. The molecule has 0 aliphatic heterocycles. The minimum Gasteiger partial charge on any atom is -0.318 e. The smallest absolute Gasteiger partial charge is 0.264 e. The highest BCUT2D eigenvalue weighted by molar-refractivity contribution is 7.92. The molecule has 196 valence electrons. The molecule has 1 heterocycles. The maximum Gasteiger partial charge on any atom is 0.264 e. The predicted molar refractivity (Wildman–Crippen MR) is 153 cm³/mol. The zero-order valence-corrected chi connectivity index (χ0v) is 23.2. The van der Waals surface area contributed by atoms with Crippen molar-refractivity contribution in [1.82, 2.24) is 9.99 Å². The van der Waals surface area contributed by atoms with E-state index in [1.807, 2.05) is 70.2 Å². The molecular formula is C29H29ClN4O3S. The molecule has 0 bridgehead atoms. The number of nitrogens with one attached hydrogen (secondary N) is 1. The van der Waals surface area contributed by atoms with E-state index in [9.17, 15) is 13.2 Å². The lowest BCUT2D eigenvalue weighted by Crippen LogP contribution is -2.40. The van der Waals surface area contributed by atoms with Crippen molar-refractivity contribution in [2.75, 3.05) is 10.8 Å². The molecule has 0 spiro atoms. The van der Waals surface area contributed by atoms with Crippen molar-refractivity contribution in [2.45, 2.75) is 32.6 Å². The zero-order chi connectivity index (χ0) is 27.4. The van der Waals surface area contributed by atoms with Crippen LogP contribution < -0.4 is 9.73 Å².